The van der Waals surface area contributed by atoms with Gasteiger partial charge in [-0.1, -0.05) is 11.6 Å². The van der Waals surface area contributed by atoms with Gasteiger partial charge in [0.15, 0.2) is 11.6 Å². The summed E-state index contributed by atoms with van der Waals surface area (Å²) in [6.45, 7) is 1.55. The Balaban J connectivity index is 1.49. The first kappa shape index (κ1) is 24.0. The molecule has 0 amide bonds. The fraction of sp³-hybridized carbons (Fsp3) is 0.520. The highest BCUT2D eigenvalue weighted by atomic mass is 35.5. The van der Waals surface area contributed by atoms with Crippen molar-refractivity contribution in [3.63, 3.8) is 0 Å². The third-order valence-corrected chi connectivity index (χ3v) is 8.95. The van der Waals surface area contributed by atoms with Crippen molar-refractivity contribution in [1.82, 2.24) is 14.9 Å². The van der Waals surface area contributed by atoms with E-state index in [1.54, 1.807) is 6.07 Å². The van der Waals surface area contributed by atoms with Crippen LogP contribution in [0.25, 0.3) is 5.70 Å². The monoisotopic (exact) mass is 512 g/mol. The fourth-order valence-corrected chi connectivity index (χ4v) is 7.22. The molecule has 4 N–H and O–H groups in total. The number of nitrogen functional groups attached to an aromatic ring is 1. The van der Waals surface area contributed by atoms with E-state index in [1.807, 2.05) is 0 Å². The second-order valence-corrected chi connectivity index (χ2v) is 11.2. The molecule has 3 aliphatic rings. The predicted octanol–water partition coefficient (Wildman–Crippen LogP) is 3.82. The first-order valence-corrected chi connectivity index (χ1v) is 13.3. The molecular weight excluding hydrogens is 484 g/mol. The van der Waals surface area contributed by atoms with Gasteiger partial charge in [0, 0.05) is 22.6 Å². The molecule has 2 aliphatic carbocycles. The molecule has 0 bridgehead atoms. The number of likely N-dealkylation sites (N-methyl/N-ethyl adjacent to an activating group) is 1. The smallest absolute Gasteiger partial charge is 0.218 e. The quantitative estimate of drug-likeness (QED) is 0.467. The van der Waals surface area contributed by atoms with Crippen molar-refractivity contribution in [2.45, 2.75) is 62.8 Å². The molecule has 2 aromatic rings. The maximum absolute atomic E-state index is 14.1. The van der Waals surface area contributed by atoms with E-state index in [1.165, 1.54) is 11.3 Å². The van der Waals surface area contributed by atoms with E-state index in [9.17, 15) is 10.1 Å². The van der Waals surface area contributed by atoms with Crippen LogP contribution in [0, 0.1) is 11.3 Å². The van der Waals surface area contributed by atoms with Gasteiger partial charge in [-0.05, 0) is 70.5 Å². The van der Waals surface area contributed by atoms with Crippen LogP contribution < -0.4 is 16.2 Å². The minimum Gasteiger partial charge on any atom is -0.476 e. The Kier molecular flexibility index (Phi) is 6.47. The number of Topliss-reactive ketones (excluding diaryl/α,β-unsaturated/α-hetero) is 1. The summed E-state index contributed by atoms with van der Waals surface area (Å²) in [6, 6.07) is 4.15. The number of halogens is 1. The van der Waals surface area contributed by atoms with Crippen LogP contribution in [0.5, 0.6) is 5.88 Å². The number of nitrogens with zero attached hydrogens (tertiary/aromatic N) is 4. The van der Waals surface area contributed by atoms with Gasteiger partial charge in [0.2, 0.25) is 5.88 Å². The molecule has 184 valence electrons. The van der Waals surface area contributed by atoms with E-state index in [-0.39, 0.29) is 22.5 Å². The minimum absolute atomic E-state index is 0.0462. The van der Waals surface area contributed by atoms with Crippen LogP contribution in [0.4, 0.5) is 5.00 Å². The molecule has 2 atom stereocenters. The Morgan fingerprint density at radius 3 is 2.83 bits per heavy atom. The molecule has 0 aromatic carbocycles. The Morgan fingerprint density at radius 1 is 1.34 bits per heavy atom. The van der Waals surface area contributed by atoms with Gasteiger partial charge in [-0.3, -0.25) is 4.79 Å². The molecule has 1 saturated carbocycles. The Labute approximate surface area is 213 Å². The molecule has 10 heteroatoms. The molecule has 3 heterocycles. The number of aryl methyl sites for hydroxylation is 1. The van der Waals surface area contributed by atoms with Gasteiger partial charge in [-0.15, -0.1) is 11.3 Å². The number of nitriles is 1. The molecule has 1 spiro atoms. The average Bonchev–Trinajstić information content (AvgIpc) is 3.40. The van der Waals surface area contributed by atoms with Crippen LogP contribution in [-0.4, -0.2) is 46.9 Å². The van der Waals surface area contributed by atoms with Crippen molar-refractivity contribution in [2.24, 2.45) is 5.73 Å². The van der Waals surface area contributed by atoms with Crippen molar-refractivity contribution in [3.05, 3.63) is 38.6 Å². The summed E-state index contributed by atoms with van der Waals surface area (Å²) in [6.07, 6.45) is 6.60. The zero-order chi connectivity index (χ0) is 24.7. The van der Waals surface area contributed by atoms with Crippen LogP contribution in [-0.2, 0) is 16.6 Å². The summed E-state index contributed by atoms with van der Waals surface area (Å²) in [5.74, 6) is 0.503. The second kappa shape index (κ2) is 9.41. The number of nitrogens with two attached hydrogens (primary N) is 2. The van der Waals surface area contributed by atoms with Crippen LogP contribution in [0.1, 0.15) is 66.8 Å². The predicted molar refractivity (Wildman–Crippen MR) is 136 cm³/mol. The Bertz CT molecular complexity index is 1250. The molecule has 1 saturated heterocycles. The van der Waals surface area contributed by atoms with Gasteiger partial charge in [0.25, 0.3) is 0 Å². The number of likely N-dealkylation sites (tertiary alicyclic amines) is 1. The number of ketones is 1. The van der Waals surface area contributed by atoms with Gasteiger partial charge in [0.05, 0.1) is 16.7 Å². The number of thiophene rings is 1. The second-order valence-electron chi connectivity index (χ2n) is 9.70. The van der Waals surface area contributed by atoms with Crippen molar-refractivity contribution >= 4 is 39.4 Å². The standard InChI is InChI=1S/C25H29ClN6O2S/c1-32-10-4-5-14(32)13-34-19-11-18(26)30-24(31-19)21(28)15-6-2-8-25(22(15)33)9-3-7-17-20(25)16(12-27)23(29)35-17/h11,14H,2-10,13,28-29H2,1H3/b21-15-/t14-,25-/m0/s1. The van der Waals surface area contributed by atoms with Gasteiger partial charge < -0.3 is 21.1 Å². The number of aromatic nitrogens is 2. The maximum Gasteiger partial charge on any atom is 0.218 e. The van der Waals surface area contributed by atoms with Gasteiger partial charge in [-0.2, -0.15) is 10.2 Å². The normalized spacial score (nSPS) is 26.0. The number of allylic oxidation sites excluding steroid dienone is 1. The highest BCUT2D eigenvalue weighted by Crippen LogP contribution is 2.52. The number of hydrogen-bond donors (Lipinski definition) is 2. The van der Waals surface area contributed by atoms with Crippen LogP contribution >= 0.6 is 22.9 Å². The summed E-state index contributed by atoms with van der Waals surface area (Å²) in [4.78, 5) is 26.2. The minimum atomic E-state index is -0.768. The number of carbonyl (C=O) groups is 1. The Morgan fingerprint density at radius 2 is 2.11 bits per heavy atom. The SMILES string of the molecule is CN1CCC[C@H]1COc1cc(Cl)nc(/C(N)=C2\CCC[C@@]3(CCCc4sc(N)c(C#N)c43)C2=O)n1. The molecule has 8 nitrogen and oxygen atoms in total. The van der Waals surface area contributed by atoms with E-state index in [4.69, 9.17) is 27.8 Å². The summed E-state index contributed by atoms with van der Waals surface area (Å²) < 4.78 is 5.95. The van der Waals surface area contributed by atoms with Crippen molar-refractivity contribution in [1.29, 1.82) is 5.26 Å². The lowest BCUT2D eigenvalue weighted by molar-refractivity contribution is -0.122. The number of anilines is 1. The van der Waals surface area contributed by atoms with Gasteiger partial charge >= 0.3 is 0 Å². The van der Waals surface area contributed by atoms with Crippen LogP contribution in [0.15, 0.2) is 11.6 Å². The van der Waals surface area contributed by atoms with Gasteiger partial charge in [-0.25, -0.2) is 4.98 Å². The molecule has 35 heavy (non-hydrogen) atoms. The van der Waals surface area contributed by atoms with Gasteiger partial charge in [0.1, 0.15) is 22.8 Å². The largest absolute Gasteiger partial charge is 0.476 e. The van der Waals surface area contributed by atoms with Crippen molar-refractivity contribution < 1.29 is 9.53 Å². The Hall–Kier alpha value is -2.67. The topological polar surface area (TPSA) is 131 Å². The molecule has 0 radical (unpaired) electrons. The highest BCUT2D eigenvalue weighted by molar-refractivity contribution is 7.16. The third kappa shape index (κ3) is 4.18. The summed E-state index contributed by atoms with van der Waals surface area (Å²) in [5, 5.41) is 10.5. The number of carbonyl (C=O) groups excluding carboxylic acids is 1. The summed E-state index contributed by atoms with van der Waals surface area (Å²) >= 11 is 7.72. The number of ether oxygens (including phenoxy) is 1. The zero-order valence-corrected chi connectivity index (χ0v) is 21.3. The van der Waals surface area contributed by atoms with Crippen molar-refractivity contribution in [2.75, 3.05) is 25.9 Å². The lowest BCUT2D eigenvalue weighted by Gasteiger charge is -2.40. The van der Waals surface area contributed by atoms with E-state index >= 15 is 0 Å². The molecule has 2 aromatic heterocycles. The molecule has 5 rings (SSSR count). The first-order valence-electron chi connectivity index (χ1n) is 12.1. The molecule has 1 aliphatic heterocycles. The maximum atomic E-state index is 14.1. The van der Waals surface area contributed by atoms with Crippen molar-refractivity contribution in [3.8, 4) is 11.9 Å². The first-order chi connectivity index (χ1) is 16.8. The van der Waals surface area contributed by atoms with Crippen LogP contribution in [0.2, 0.25) is 5.15 Å². The molecular formula is C25H29ClN6O2S. The summed E-state index contributed by atoms with van der Waals surface area (Å²) in [7, 11) is 2.09. The average molecular weight is 513 g/mol. The third-order valence-electron chi connectivity index (χ3n) is 7.68. The molecule has 0 unspecified atom stereocenters. The number of rotatable bonds is 4. The van der Waals surface area contributed by atoms with E-state index in [0.717, 1.165) is 49.1 Å². The van der Waals surface area contributed by atoms with Crippen LogP contribution in [0.3, 0.4) is 0 Å². The van der Waals surface area contributed by atoms with E-state index in [2.05, 4.69) is 28.0 Å². The summed E-state index contributed by atoms with van der Waals surface area (Å²) in [5.41, 5.74) is 13.9. The molecule has 2 fully saturated rings. The fourth-order valence-electron chi connectivity index (χ4n) is 5.88. The number of hydrogen-bond acceptors (Lipinski definition) is 9. The zero-order valence-electron chi connectivity index (χ0n) is 19.8. The lowest BCUT2D eigenvalue weighted by Crippen LogP contribution is -2.43. The van der Waals surface area contributed by atoms with E-state index in [0.29, 0.717) is 53.9 Å². The number of fused-ring (bicyclic) bond motifs is 2. The lowest BCUT2D eigenvalue weighted by atomic mass is 9.61. The highest BCUT2D eigenvalue weighted by Gasteiger charge is 2.49. The van der Waals surface area contributed by atoms with E-state index < -0.39 is 5.41 Å².